The summed E-state index contributed by atoms with van der Waals surface area (Å²) >= 11 is 3.32. The van der Waals surface area contributed by atoms with E-state index >= 15 is 0 Å². The first-order chi connectivity index (χ1) is 10.0. The summed E-state index contributed by atoms with van der Waals surface area (Å²) < 4.78 is 6.03. The number of ether oxygens (including phenoxy) is 1. The number of methoxy groups -OCH3 is 1. The number of nitrogens with zero attached hydrogens (tertiary/aromatic N) is 1. The summed E-state index contributed by atoms with van der Waals surface area (Å²) in [7, 11) is 1.61. The molecule has 0 aliphatic carbocycles. The van der Waals surface area contributed by atoms with E-state index in [4.69, 9.17) is 4.74 Å². The van der Waals surface area contributed by atoms with Gasteiger partial charge in [0.05, 0.1) is 5.69 Å². The van der Waals surface area contributed by atoms with Crippen LogP contribution >= 0.6 is 15.9 Å². The van der Waals surface area contributed by atoms with E-state index in [1.54, 1.807) is 7.11 Å². The monoisotopic (exact) mass is 350 g/mol. The third-order valence-electron chi connectivity index (χ3n) is 3.14. The lowest BCUT2D eigenvalue weighted by Gasteiger charge is -2.16. The fourth-order valence-electron chi connectivity index (χ4n) is 2.20. The second kappa shape index (κ2) is 7.00. The van der Waals surface area contributed by atoms with Crippen molar-refractivity contribution in [2.45, 2.75) is 26.4 Å². The van der Waals surface area contributed by atoms with Gasteiger partial charge >= 0.3 is 0 Å². The van der Waals surface area contributed by atoms with Gasteiger partial charge in [-0.2, -0.15) is 0 Å². The van der Waals surface area contributed by atoms with Gasteiger partial charge in [0.15, 0.2) is 0 Å². The minimum absolute atomic E-state index is 0.173. The molecule has 1 unspecified atom stereocenters. The summed E-state index contributed by atoms with van der Waals surface area (Å²) in [6.45, 7) is 4.19. The van der Waals surface area contributed by atoms with Gasteiger partial charge in [-0.05, 0) is 33.8 Å². The molecule has 2 aromatic rings. The Hall–Kier alpha value is -1.46. The highest BCUT2D eigenvalue weighted by atomic mass is 79.9. The van der Waals surface area contributed by atoms with Crippen LogP contribution in [-0.4, -0.2) is 17.1 Å². The molecule has 1 aromatic heterocycles. The number of rotatable bonds is 5. The number of benzene rings is 1. The van der Waals surface area contributed by atoms with E-state index in [1.807, 2.05) is 30.3 Å². The van der Waals surface area contributed by atoms with E-state index in [9.17, 15) is 4.79 Å². The Morgan fingerprint density at radius 2 is 1.95 bits per heavy atom. The first kappa shape index (κ1) is 15.9. The van der Waals surface area contributed by atoms with Crippen molar-refractivity contribution in [3.05, 3.63) is 62.2 Å². The van der Waals surface area contributed by atoms with Gasteiger partial charge in [-0.25, -0.2) is 4.98 Å². The molecule has 0 radical (unpaired) electrons. The number of nitrogens with one attached hydrogen (secondary N) is 1. The molecule has 21 heavy (non-hydrogen) atoms. The van der Waals surface area contributed by atoms with Crippen LogP contribution in [0.25, 0.3) is 0 Å². The van der Waals surface area contributed by atoms with Crippen molar-refractivity contribution >= 4 is 15.9 Å². The van der Waals surface area contributed by atoms with Gasteiger partial charge in [0.2, 0.25) is 0 Å². The lowest BCUT2D eigenvalue weighted by atomic mass is 10.1. The molecule has 2 rings (SSSR count). The number of H-pyrrole nitrogens is 1. The molecule has 0 aliphatic heterocycles. The summed E-state index contributed by atoms with van der Waals surface area (Å²) in [4.78, 5) is 19.5. The third-order valence-corrected chi connectivity index (χ3v) is 3.96. The lowest BCUT2D eigenvalue weighted by molar-refractivity contribution is 0.128. The van der Waals surface area contributed by atoms with E-state index in [0.717, 1.165) is 17.7 Å². The van der Waals surface area contributed by atoms with Gasteiger partial charge in [0, 0.05) is 7.11 Å². The van der Waals surface area contributed by atoms with Crippen molar-refractivity contribution in [3.8, 4) is 0 Å². The predicted molar refractivity (Wildman–Crippen MR) is 86.4 cm³/mol. The summed E-state index contributed by atoms with van der Waals surface area (Å²) in [6, 6.07) is 9.73. The number of hydrogen-bond acceptors (Lipinski definition) is 3. The Kier molecular flexibility index (Phi) is 5.31. The van der Waals surface area contributed by atoms with E-state index in [2.05, 4.69) is 39.7 Å². The Morgan fingerprint density at radius 3 is 2.52 bits per heavy atom. The first-order valence-corrected chi connectivity index (χ1v) is 7.68. The number of hydrogen-bond donors (Lipinski definition) is 1. The number of aromatic amines is 1. The van der Waals surface area contributed by atoms with Crippen LogP contribution in [0.15, 0.2) is 39.6 Å². The maximum atomic E-state index is 12.1. The van der Waals surface area contributed by atoms with Gasteiger partial charge in [0.25, 0.3) is 5.56 Å². The molecule has 0 aliphatic rings. The standard InChI is InChI=1S/C16H19BrN2O2/c1-10(2)9-12-13(17)16(20)19-15(18-12)14(21-3)11-7-5-4-6-8-11/h4-8,10,14H,9H2,1-3H3,(H,18,19,20). The highest BCUT2D eigenvalue weighted by molar-refractivity contribution is 9.10. The molecule has 1 atom stereocenters. The Labute approximate surface area is 132 Å². The first-order valence-electron chi connectivity index (χ1n) is 6.89. The molecular weight excluding hydrogens is 332 g/mol. The fraction of sp³-hybridized carbons (Fsp3) is 0.375. The molecular formula is C16H19BrN2O2. The van der Waals surface area contributed by atoms with Crippen molar-refractivity contribution in [3.63, 3.8) is 0 Å². The van der Waals surface area contributed by atoms with Gasteiger partial charge in [-0.15, -0.1) is 0 Å². The van der Waals surface area contributed by atoms with Crippen molar-refractivity contribution < 1.29 is 4.74 Å². The van der Waals surface area contributed by atoms with E-state index in [0.29, 0.717) is 16.2 Å². The Balaban J connectivity index is 2.47. The van der Waals surface area contributed by atoms with Crippen LogP contribution in [0.1, 0.15) is 37.0 Å². The van der Waals surface area contributed by atoms with Gasteiger partial charge in [-0.1, -0.05) is 44.2 Å². The molecule has 0 fully saturated rings. The average molecular weight is 351 g/mol. The van der Waals surface area contributed by atoms with Crippen molar-refractivity contribution in [2.75, 3.05) is 7.11 Å². The van der Waals surface area contributed by atoms with Gasteiger partial charge < -0.3 is 9.72 Å². The molecule has 1 aromatic carbocycles. The molecule has 0 amide bonds. The Morgan fingerprint density at radius 1 is 1.29 bits per heavy atom. The summed E-state index contributed by atoms with van der Waals surface area (Å²) in [6.07, 6.45) is 0.362. The van der Waals surface area contributed by atoms with Crippen LogP contribution in [0.4, 0.5) is 0 Å². The zero-order valence-corrected chi connectivity index (χ0v) is 14.0. The van der Waals surface area contributed by atoms with Gasteiger partial charge in [0.1, 0.15) is 16.4 Å². The van der Waals surface area contributed by atoms with E-state index < -0.39 is 0 Å². The zero-order chi connectivity index (χ0) is 15.4. The van der Waals surface area contributed by atoms with Crippen LogP contribution in [-0.2, 0) is 11.2 Å². The highest BCUT2D eigenvalue weighted by Gasteiger charge is 2.19. The van der Waals surface area contributed by atoms with Crippen LogP contribution in [0, 0.1) is 5.92 Å². The lowest BCUT2D eigenvalue weighted by Crippen LogP contribution is -2.20. The smallest absolute Gasteiger partial charge is 0.265 e. The summed E-state index contributed by atoms with van der Waals surface area (Å²) in [5.41, 5.74) is 1.55. The van der Waals surface area contributed by atoms with Crippen LogP contribution < -0.4 is 5.56 Å². The highest BCUT2D eigenvalue weighted by Crippen LogP contribution is 2.23. The van der Waals surface area contributed by atoms with Crippen molar-refractivity contribution in [1.29, 1.82) is 0 Å². The Bertz CT molecular complexity index is 653. The fourth-order valence-corrected chi connectivity index (χ4v) is 2.55. The molecule has 1 heterocycles. The second-order valence-electron chi connectivity index (χ2n) is 5.34. The zero-order valence-electron chi connectivity index (χ0n) is 12.4. The normalized spacial score (nSPS) is 12.6. The average Bonchev–Trinajstić information content (AvgIpc) is 2.45. The third kappa shape index (κ3) is 3.80. The van der Waals surface area contributed by atoms with Gasteiger partial charge in [-0.3, -0.25) is 4.79 Å². The largest absolute Gasteiger partial charge is 0.369 e. The minimum Gasteiger partial charge on any atom is -0.369 e. The second-order valence-corrected chi connectivity index (χ2v) is 6.13. The molecule has 0 saturated heterocycles. The molecule has 5 heteroatoms. The molecule has 0 spiro atoms. The number of aromatic nitrogens is 2. The quantitative estimate of drug-likeness (QED) is 0.898. The molecule has 1 N–H and O–H groups in total. The topological polar surface area (TPSA) is 55.0 Å². The SMILES string of the molecule is COC(c1ccccc1)c1nc(CC(C)C)c(Br)c(=O)[nH]1. The van der Waals surface area contributed by atoms with Crippen molar-refractivity contribution in [2.24, 2.45) is 5.92 Å². The van der Waals surface area contributed by atoms with E-state index in [-0.39, 0.29) is 11.7 Å². The predicted octanol–water partition coefficient (Wildman–Crippen LogP) is 3.47. The minimum atomic E-state index is -0.377. The maximum Gasteiger partial charge on any atom is 0.265 e. The molecule has 4 nitrogen and oxygen atoms in total. The number of halogens is 1. The van der Waals surface area contributed by atoms with Crippen molar-refractivity contribution in [1.82, 2.24) is 9.97 Å². The van der Waals surface area contributed by atoms with Crippen LogP contribution in [0.5, 0.6) is 0 Å². The van der Waals surface area contributed by atoms with E-state index in [1.165, 1.54) is 0 Å². The van der Waals surface area contributed by atoms with Crippen LogP contribution in [0.3, 0.4) is 0 Å². The molecule has 112 valence electrons. The van der Waals surface area contributed by atoms with Crippen LogP contribution in [0.2, 0.25) is 0 Å². The molecule has 0 bridgehead atoms. The summed E-state index contributed by atoms with van der Waals surface area (Å²) in [5.74, 6) is 0.953. The maximum absolute atomic E-state index is 12.1. The molecule has 0 saturated carbocycles. The summed E-state index contributed by atoms with van der Waals surface area (Å²) in [5, 5.41) is 0.